The Balaban J connectivity index is 1.71. The van der Waals surface area contributed by atoms with E-state index in [9.17, 15) is 4.79 Å². The molecule has 1 amide bonds. The average molecular weight is 378 g/mol. The van der Waals surface area contributed by atoms with Gasteiger partial charge < -0.3 is 20.1 Å². The van der Waals surface area contributed by atoms with E-state index in [1.807, 2.05) is 56.3 Å². The standard InChI is InChI=1S/C21H22N4O3/c1-14(2)28-19-11-7-5-9-17(19)24-20(26)15-12-22-21(23-13-15)25-16-8-4-6-10-18(16)27-3/h4-14H,1-3H3,(H,24,26)(H,22,23,25). The number of amides is 1. The molecule has 0 aliphatic rings. The molecular formula is C21H22N4O3. The van der Waals surface area contributed by atoms with E-state index in [-0.39, 0.29) is 12.0 Å². The van der Waals surface area contributed by atoms with Gasteiger partial charge in [-0.05, 0) is 38.1 Å². The van der Waals surface area contributed by atoms with Crippen molar-refractivity contribution in [3.05, 3.63) is 66.5 Å². The number of aromatic nitrogens is 2. The van der Waals surface area contributed by atoms with E-state index in [1.165, 1.54) is 12.4 Å². The van der Waals surface area contributed by atoms with Gasteiger partial charge in [-0.3, -0.25) is 4.79 Å². The fraction of sp³-hybridized carbons (Fsp3) is 0.190. The van der Waals surface area contributed by atoms with Gasteiger partial charge in [0, 0.05) is 12.4 Å². The minimum absolute atomic E-state index is 0.00159. The Kier molecular flexibility index (Phi) is 6.06. The van der Waals surface area contributed by atoms with Crippen molar-refractivity contribution in [2.45, 2.75) is 20.0 Å². The number of carbonyl (C=O) groups excluding carboxylic acids is 1. The number of ether oxygens (including phenoxy) is 2. The van der Waals surface area contributed by atoms with E-state index < -0.39 is 0 Å². The highest BCUT2D eigenvalue weighted by molar-refractivity contribution is 6.04. The quantitative estimate of drug-likeness (QED) is 0.639. The van der Waals surface area contributed by atoms with E-state index in [4.69, 9.17) is 9.47 Å². The van der Waals surface area contributed by atoms with Crippen LogP contribution in [0.2, 0.25) is 0 Å². The SMILES string of the molecule is COc1ccccc1Nc1ncc(C(=O)Nc2ccccc2OC(C)C)cn1. The number of benzene rings is 2. The molecule has 0 atom stereocenters. The van der Waals surface area contributed by atoms with Gasteiger partial charge in [0.1, 0.15) is 11.5 Å². The first-order chi connectivity index (χ1) is 13.6. The lowest BCUT2D eigenvalue weighted by molar-refractivity contribution is 0.102. The molecule has 3 aromatic rings. The zero-order chi connectivity index (χ0) is 19.9. The lowest BCUT2D eigenvalue weighted by Gasteiger charge is -2.14. The average Bonchev–Trinajstić information content (AvgIpc) is 2.70. The van der Waals surface area contributed by atoms with Crippen molar-refractivity contribution in [1.29, 1.82) is 0 Å². The third kappa shape index (κ3) is 4.76. The molecule has 0 spiro atoms. The van der Waals surface area contributed by atoms with Gasteiger partial charge in [0.2, 0.25) is 5.95 Å². The molecule has 1 aromatic heterocycles. The zero-order valence-corrected chi connectivity index (χ0v) is 16.0. The summed E-state index contributed by atoms with van der Waals surface area (Å²) >= 11 is 0. The van der Waals surface area contributed by atoms with Crippen molar-refractivity contribution in [2.24, 2.45) is 0 Å². The molecule has 3 rings (SSSR count). The molecule has 0 aliphatic carbocycles. The molecule has 2 aromatic carbocycles. The number of hydrogen-bond donors (Lipinski definition) is 2. The summed E-state index contributed by atoms with van der Waals surface area (Å²) in [5.74, 6) is 1.34. The molecular weight excluding hydrogens is 356 g/mol. The fourth-order valence-corrected chi connectivity index (χ4v) is 2.50. The summed E-state index contributed by atoms with van der Waals surface area (Å²) in [6.45, 7) is 3.86. The van der Waals surface area contributed by atoms with E-state index in [0.717, 1.165) is 5.69 Å². The fourth-order valence-electron chi connectivity index (χ4n) is 2.50. The van der Waals surface area contributed by atoms with Gasteiger partial charge in [-0.2, -0.15) is 0 Å². The molecule has 1 heterocycles. The van der Waals surface area contributed by atoms with E-state index in [1.54, 1.807) is 13.2 Å². The number of para-hydroxylation sites is 4. The molecule has 2 N–H and O–H groups in total. The van der Waals surface area contributed by atoms with Crippen molar-refractivity contribution in [3.8, 4) is 11.5 Å². The van der Waals surface area contributed by atoms with Gasteiger partial charge in [-0.15, -0.1) is 0 Å². The summed E-state index contributed by atoms with van der Waals surface area (Å²) in [5.41, 5.74) is 1.67. The van der Waals surface area contributed by atoms with Crippen molar-refractivity contribution in [1.82, 2.24) is 9.97 Å². The lowest BCUT2D eigenvalue weighted by atomic mass is 10.2. The Morgan fingerprint density at radius 2 is 1.54 bits per heavy atom. The lowest BCUT2D eigenvalue weighted by Crippen LogP contribution is -2.15. The third-order valence-corrected chi connectivity index (χ3v) is 3.77. The Hall–Kier alpha value is -3.61. The van der Waals surface area contributed by atoms with Gasteiger partial charge in [0.25, 0.3) is 5.91 Å². The smallest absolute Gasteiger partial charge is 0.258 e. The van der Waals surface area contributed by atoms with Crippen LogP contribution in [0.3, 0.4) is 0 Å². The number of methoxy groups -OCH3 is 1. The van der Waals surface area contributed by atoms with E-state index >= 15 is 0 Å². The molecule has 0 fully saturated rings. The molecule has 0 unspecified atom stereocenters. The highest BCUT2D eigenvalue weighted by Gasteiger charge is 2.12. The number of nitrogens with one attached hydrogen (secondary N) is 2. The van der Waals surface area contributed by atoms with Crippen molar-refractivity contribution in [2.75, 3.05) is 17.7 Å². The monoisotopic (exact) mass is 378 g/mol. The van der Waals surface area contributed by atoms with Crippen LogP contribution < -0.4 is 20.1 Å². The van der Waals surface area contributed by atoms with Gasteiger partial charge in [-0.1, -0.05) is 24.3 Å². The summed E-state index contributed by atoms with van der Waals surface area (Å²) in [7, 11) is 1.59. The first-order valence-electron chi connectivity index (χ1n) is 8.86. The van der Waals surface area contributed by atoms with Gasteiger partial charge in [0.05, 0.1) is 30.2 Å². The van der Waals surface area contributed by atoms with Gasteiger partial charge in [0.15, 0.2) is 0 Å². The molecule has 0 saturated heterocycles. The molecule has 144 valence electrons. The van der Waals surface area contributed by atoms with Gasteiger partial charge >= 0.3 is 0 Å². The predicted octanol–water partition coefficient (Wildman–Crippen LogP) is 4.27. The highest BCUT2D eigenvalue weighted by atomic mass is 16.5. The molecule has 0 aliphatic heterocycles. The maximum Gasteiger partial charge on any atom is 0.258 e. The van der Waals surface area contributed by atoms with Crippen LogP contribution in [0.15, 0.2) is 60.9 Å². The number of hydrogen-bond acceptors (Lipinski definition) is 6. The topological polar surface area (TPSA) is 85.4 Å². The summed E-state index contributed by atoms with van der Waals surface area (Å²) in [6, 6.07) is 14.7. The molecule has 0 bridgehead atoms. The maximum atomic E-state index is 12.5. The number of nitrogens with zero attached hydrogens (tertiary/aromatic N) is 2. The predicted molar refractivity (Wildman–Crippen MR) is 108 cm³/mol. The number of anilines is 3. The third-order valence-electron chi connectivity index (χ3n) is 3.77. The summed E-state index contributed by atoms with van der Waals surface area (Å²) in [4.78, 5) is 21.0. The van der Waals surface area contributed by atoms with Gasteiger partial charge in [-0.25, -0.2) is 9.97 Å². The molecule has 0 radical (unpaired) electrons. The second kappa shape index (κ2) is 8.85. The van der Waals surface area contributed by atoms with Crippen LogP contribution >= 0.6 is 0 Å². The van der Waals surface area contributed by atoms with E-state index in [2.05, 4.69) is 20.6 Å². The Morgan fingerprint density at radius 3 is 2.18 bits per heavy atom. The molecule has 7 nitrogen and oxygen atoms in total. The Bertz CT molecular complexity index is 942. The van der Waals surface area contributed by atoms with Crippen LogP contribution in [-0.2, 0) is 0 Å². The highest BCUT2D eigenvalue weighted by Crippen LogP contribution is 2.26. The van der Waals surface area contributed by atoms with Crippen LogP contribution in [-0.4, -0.2) is 29.1 Å². The van der Waals surface area contributed by atoms with Crippen LogP contribution in [0.1, 0.15) is 24.2 Å². The summed E-state index contributed by atoms with van der Waals surface area (Å²) < 4.78 is 11.0. The summed E-state index contributed by atoms with van der Waals surface area (Å²) in [5, 5.41) is 5.91. The minimum atomic E-state index is -0.316. The molecule has 0 saturated carbocycles. The van der Waals surface area contributed by atoms with Crippen molar-refractivity contribution < 1.29 is 14.3 Å². The van der Waals surface area contributed by atoms with Crippen molar-refractivity contribution >= 4 is 23.2 Å². The maximum absolute atomic E-state index is 12.5. The number of carbonyl (C=O) groups is 1. The summed E-state index contributed by atoms with van der Waals surface area (Å²) in [6.07, 6.45) is 2.93. The second-order valence-electron chi connectivity index (χ2n) is 6.24. The van der Waals surface area contributed by atoms with Crippen molar-refractivity contribution in [3.63, 3.8) is 0 Å². The van der Waals surface area contributed by atoms with Crippen LogP contribution in [0.4, 0.5) is 17.3 Å². The van der Waals surface area contributed by atoms with Crippen LogP contribution in [0.25, 0.3) is 0 Å². The normalized spacial score (nSPS) is 10.4. The molecule has 7 heteroatoms. The largest absolute Gasteiger partial charge is 0.495 e. The Labute approximate surface area is 163 Å². The first-order valence-corrected chi connectivity index (χ1v) is 8.86. The van der Waals surface area contributed by atoms with Crippen LogP contribution in [0, 0.1) is 0 Å². The first kappa shape index (κ1) is 19.2. The Morgan fingerprint density at radius 1 is 0.929 bits per heavy atom. The van der Waals surface area contributed by atoms with E-state index in [0.29, 0.717) is 28.7 Å². The number of rotatable bonds is 7. The molecule has 28 heavy (non-hydrogen) atoms. The van der Waals surface area contributed by atoms with Crippen LogP contribution in [0.5, 0.6) is 11.5 Å². The second-order valence-corrected chi connectivity index (χ2v) is 6.24. The minimum Gasteiger partial charge on any atom is -0.495 e. The zero-order valence-electron chi connectivity index (χ0n) is 16.0.